The summed E-state index contributed by atoms with van der Waals surface area (Å²) < 4.78 is 2.74. The predicted octanol–water partition coefficient (Wildman–Crippen LogP) is 6.54. The van der Waals surface area contributed by atoms with Gasteiger partial charge in [-0.1, -0.05) is 43.9 Å². The topological polar surface area (TPSA) is 12.9 Å². The van der Waals surface area contributed by atoms with Gasteiger partial charge in [0, 0.05) is 31.9 Å². The van der Waals surface area contributed by atoms with Crippen LogP contribution < -0.4 is 5.19 Å². The van der Waals surface area contributed by atoms with Gasteiger partial charge in [-0.05, 0) is 60.2 Å². The van der Waals surface area contributed by atoms with Crippen LogP contribution in [0.5, 0.6) is 0 Å². The zero-order valence-corrected chi connectivity index (χ0v) is 18.1. The van der Waals surface area contributed by atoms with Gasteiger partial charge in [0.1, 0.15) is 0 Å². The average Bonchev–Trinajstić information content (AvgIpc) is 3.04. The molecule has 2 aromatic carbocycles. The summed E-state index contributed by atoms with van der Waals surface area (Å²) in [6.45, 7) is 7.34. The van der Waals surface area contributed by atoms with Crippen LogP contribution in [0.2, 0.25) is 19.6 Å². The SMILES string of the molecule is C[Si](C)(C)c1cnc(-c2ccc3sc4ccccc4c3c2)c2c1CCCC2. The first-order valence-electron chi connectivity index (χ1n) is 9.95. The summed E-state index contributed by atoms with van der Waals surface area (Å²) >= 11 is 1.89. The lowest BCUT2D eigenvalue weighted by Crippen LogP contribution is -2.42. The molecular weight excluding hydrogens is 362 g/mol. The molecule has 27 heavy (non-hydrogen) atoms. The van der Waals surface area contributed by atoms with Crippen LogP contribution in [0, 0.1) is 0 Å². The first-order chi connectivity index (χ1) is 13.0. The van der Waals surface area contributed by atoms with Gasteiger partial charge in [0.05, 0.1) is 13.8 Å². The van der Waals surface area contributed by atoms with Gasteiger partial charge in [-0.2, -0.15) is 0 Å². The van der Waals surface area contributed by atoms with Gasteiger partial charge in [0.25, 0.3) is 0 Å². The van der Waals surface area contributed by atoms with E-state index in [9.17, 15) is 0 Å². The molecule has 0 fully saturated rings. The van der Waals surface area contributed by atoms with Crippen molar-refractivity contribution in [3.8, 4) is 11.3 Å². The van der Waals surface area contributed by atoms with E-state index in [4.69, 9.17) is 4.98 Å². The second kappa shape index (κ2) is 6.28. The Morgan fingerprint density at radius 3 is 2.41 bits per heavy atom. The third kappa shape index (κ3) is 2.84. The highest BCUT2D eigenvalue weighted by molar-refractivity contribution is 7.25. The Labute approximate surface area is 166 Å². The highest BCUT2D eigenvalue weighted by atomic mass is 32.1. The average molecular weight is 388 g/mol. The molecule has 0 unspecified atom stereocenters. The minimum absolute atomic E-state index is 1.18. The molecule has 1 aliphatic rings. The smallest absolute Gasteiger partial charge is 0.0799 e. The number of rotatable bonds is 2. The van der Waals surface area contributed by atoms with Crippen molar-refractivity contribution in [2.75, 3.05) is 0 Å². The second-order valence-corrected chi connectivity index (χ2v) is 14.9. The Balaban J connectivity index is 1.74. The van der Waals surface area contributed by atoms with E-state index < -0.39 is 8.07 Å². The van der Waals surface area contributed by atoms with E-state index >= 15 is 0 Å². The molecule has 2 heterocycles. The van der Waals surface area contributed by atoms with Crippen LogP contribution in [0.25, 0.3) is 31.4 Å². The zero-order valence-electron chi connectivity index (χ0n) is 16.3. The van der Waals surface area contributed by atoms with Crippen LogP contribution >= 0.6 is 11.3 Å². The molecule has 1 aliphatic carbocycles. The summed E-state index contributed by atoms with van der Waals surface area (Å²) in [5.41, 5.74) is 5.66. The molecule has 1 nitrogen and oxygen atoms in total. The fraction of sp³-hybridized carbons (Fsp3) is 0.292. The molecule has 4 aromatic rings. The Morgan fingerprint density at radius 2 is 1.59 bits per heavy atom. The molecule has 0 spiro atoms. The van der Waals surface area contributed by atoms with Crippen molar-refractivity contribution in [2.24, 2.45) is 0 Å². The third-order valence-corrected chi connectivity index (χ3v) is 9.06. The number of fused-ring (bicyclic) bond motifs is 4. The van der Waals surface area contributed by atoms with Crippen LogP contribution in [0.15, 0.2) is 48.7 Å². The monoisotopic (exact) mass is 387 g/mol. The molecule has 0 N–H and O–H groups in total. The van der Waals surface area contributed by atoms with E-state index in [1.54, 1.807) is 10.8 Å². The molecule has 5 rings (SSSR count). The van der Waals surface area contributed by atoms with Gasteiger partial charge in [-0.3, -0.25) is 4.98 Å². The minimum atomic E-state index is -1.37. The fourth-order valence-corrected chi connectivity index (χ4v) is 7.24. The molecule has 0 radical (unpaired) electrons. The second-order valence-electron chi connectivity index (χ2n) is 8.74. The minimum Gasteiger partial charge on any atom is -0.256 e. The van der Waals surface area contributed by atoms with E-state index in [0.29, 0.717) is 0 Å². The maximum absolute atomic E-state index is 5.04. The number of pyridine rings is 1. The van der Waals surface area contributed by atoms with E-state index in [0.717, 1.165) is 0 Å². The zero-order chi connectivity index (χ0) is 18.6. The molecule has 0 saturated heterocycles. The highest BCUT2D eigenvalue weighted by Gasteiger charge is 2.26. The lowest BCUT2D eigenvalue weighted by molar-refractivity contribution is 0.686. The van der Waals surface area contributed by atoms with Crippen LogP contribution in [0.1, 0.15) is 24.0 Å². The van der Waals surface area contributed by atoms with E-state index in [1.165, 1.54) is 62.7 Å². The van der Waals surface area contributed by atoms with Crippen LogP contribution in [0.4, 0.5) is 0 Å². The summed E-state index contributed by atoms with van der Waals surface area (Å²) in [6, 6.07) is 15.7. The number of benzene rings is 2. The number of hydrogen-bond acceptors (Lipinski definition) is 2. The van der Waals surface area contributed by atoms with Crippen molar-refractivity contribution in [3.63, 3.8) is 0 Å². The quantitative estimate of drug-likeness (QED) is 0.356. The molecule has 3 heteroatoms. The van der Waals surface area contributed by atoms with Crippen LogP contribution in [-0.4, -0.2) is 13.1 Å². The van der Waals surface area contributed by atoms with Gasteiger partial charge in [0.15, 0.2) is 0 Å². The number of hydrogen-bond donors (Lipinski definition) is 0. The van der Waals surface area contributed by atoms with E-state index in [1.807, 2.05) is 11.3 Å². The highest BCUT2D eigenvalue weighted by Crippen LogP contribution is 2.37. The standard InChI is InChI=1S/C24H25NSSi/c1-27(2,3)23-15-25-24(19-10-5-4-9-18(19)23)16-12-13-22-20(14-16)17-8-6-7-11-21(17)26-22/h6-8,11-15H,4-5,9-10H2,1-3H3. The predicted molar refractivity (Wildman–Crippen MR) is 122 cm³/mol. The van der Waals surface area contributed by atoms with Crippen molar-refractivity contribution in [2.45, 2.75) is 45.3 Å². The largest absolute Gasteiger partial charge is 0.256 e. The summed E-state index contributed by atoms with van der Waals surface area (Å²) in [7, 11) is -1.37. The Hall–Kier alpha value is -1.97. The van der Waals surface area contributed by atoms with Crippen molar-refractivity contribution in [3.05, 3.63) is 59.8 Å². The van der Waals surface area contributed by atoms with Crippen molar-refractivity contribution < 1.29 is 0 Å². The van der Waals surface area contributed by atoms with E-state index in [-0.39, 0.29) is 0 Å². The maximum Gasteiger partial charge on any atom is 0.0799 e. The van der Waals surface area contributed by atoms with Gasteiger partial charge < -0.3 is 0 Å². The number of nitrogens with zero attached hydrogens (tertiary/aromatic N) is 1. The Morgan fingerprint density at radius 1 is 0.852 bits per heavy atom. The molecule has 0 bridgehead atoms. The Kier molecular flexibility index (Phi) is 3.99. The molecule has 0 aliphatic heterocycles. The molecule has 136 valence electrons. The van der Waals surface area contributed by atoms with Gasteiger partial charge >= 0.3 is 0 Å². The molecular formula is C24H25NSSi. The first kappa shape index (κ1) is 17.1. The lowest BCUT2D eigenvalue weighted by atomic mass is 9.88. The number of thiophene rings is 1. The lowest BCUT2D eigenvalue weighted by Gasteiger charge is -2.27. The van der Waals surface area contributed by atoms with E-state index in [2.05, 4.69) is 68.3 Å². The molecule has 0 atom stereocenters. The van der Waals surface area contributed by atoms with Gasteiger partial charge in [0.2, 0.25) is 0 Å². The van der Waals surface area contributed by atoms with Crippen LogP contribution in [-0.2, 0) is 12.8 Å². The summed E-state index contributed by atoms with van der Waals surface area (Å²) in [6.07, 6.45) is 7.23. The maximum atomic E-state index is 5.04. The number of aromatic nitrogens is 1. The van der Waals surface area contributed by atoms with Crippen LogP contribution in [0.3, 0.4) is 0 Å². The summed E-state index contributed by atoms with van der Waals surface area (Å²) in [5, 5.41) is 4.31. The van der Waals surface area contributed by atoms with Gasteiger partial charge in [-0.25, -0.2) is 0 Å². The molecule has 2 aromatic heterocycles. The molecule has 0 amide bonds. The van der Waals surface area contributed by atoms with Gasteiger partial charge in [-0.15, -0.1) is 11.3 Å². The van der Waals surface area contributed by atoms with Crippen molar-refractivity contribution in [1.29, 1.82) is 0 Å². The molecule has 0 saturated carbocycles. The van der Waals surface area contributed by atoms with Crippen molar-refractivity contribution in [1.82, 2.24) is 4.98 Å². The normalized spacial score (nSPS) is 14.6. The first-order valence-corrected chi connectivity index (χ1v) is 14.3. The summed E-state index contributed by atoms with van der Waals surface area (Å²) in [4.78, 5) is 5.04. The fourth-order valence-electron chi connectivity index (χ4n) is 4.52. The summed E-state index contributed by atoms with van der Waals surface area (Å²) in [5.74, 6) is 0. The van der Waals surface area contributed by atoms with Crippen molar-refractivity contribution >= 4 is 44.8 Å². The Bertz CT molecular complexity index is 1170. The third-order valence-electron chi connectivity index (χ3n) is 5.86.